The number of fused-ring (bicyclic) bond motifs is 7. The Bertz CT molecular complexity index is 2620. The van der Waals surface area contributed by atoms with Crippen LogP contribution in [0.1, 0.15) is 51.8 Å². The van der Waals surface area contributed by atoms with Crippen molar-refractivity contribution in [2.45, 2.75) is 51.9 Å². The van der Waals surface area contributed by atoms with Gasteiger partial charge in [0, 0.05) is 50.3 Å². The molecule has 1 atom stereocenters. The van der Waals surface area contributed by atoms with Crippen LogP contribution in [0.15, 0.2) is 156 Å². The standard InChI is InChI=1S/C50H42N2O/c1-33-29-34(2)48-47(30-33)53-46-24-23-45(35(3)49(46)48)52(40-17-11-6-12-18-40)42-22-20-37-26-28-50(44(37)32-42)27-25-36-19-21-41(31-43(36)50)51(38-13-7-4-8-14-38)39-15-9-5-10-16-39/h4-24,29-32H,25-28H2,1-3H3/t50-/m1/s1. The molecule has 8 aromatic rings. The highest BCUT2D eigenvalue weighted by atomic mass is 16.3. The van der Waals surface area contributed by atoms with Gasteiger partial charge in [-0.2, -0.15) is 0 Å². The first-order chi connectivity index (χ1) is 26.0. The van der Waals surface area contributed by atoms with E-state index in [1.165, 1.54) is 78.2 Å². The topological polar surface area (TPSA) is 19.6 Å². The first-order valence-electron chi connectivity index (χ1n) is 18.9. The zero-order valence-corrected chi connectivity index (χ0v) is 30.6. The van der Waals surface area contributed by atoms with E-state index in [-0.39, 0.29) is 5.41 Å². The summed E-state index contributed by atoms with van der Waals surface area (Å²) in [4.78, 5) is 4.86. The molecule has 0 fully saturated rings. The van der Waals surface area contributed by atoms with Gasteiger partial charge in [0.1, 0.15) is 11.2 Å². The molecule has 1 spiro atoms. The lowest BCUT2D eigenvalue weighted by atomic mass is 9.76. The minimum atomic E-state index is -0.0210. The Morgan fingerprint density at radius 2 is 1.00 bits per heavy atom. The molecule has 0 saturated carbocycles. The molecule has 1 heterocycles. The normalized spacial score (nSPS) is 16.0. The van der Waals surface area contributed by atoms with Crippen molar-refractivity contribution in [2.75, 3.05) is 9.80 Å². The van der Waals surface area contributed by atoms with Crippen molar-refractivity contribution < 1.29 is 4.42 Å². The van der Waals surface area contributed by atoms with Crippen LogP contribution in [0.5, 0.6) is 0 Å². The fourth-order valence-corrected chi connectivity index (χ4v) is 9.61. The van der Waals surface area contributed by atoms with Gasteiger partial charge in [-0.05, 0) is 164 Å². The van der Waals surface area contributed by atoms with Gasteiger partial charge >= 0.3 is 0 Å². The van der Waals surface area contributed by atoms with Crippen LogP contribution in [0, 0.1) is 20.8 Å². The van der Waals surface area contributed by atoms with Gasteiger partial charge in [-0.1, -0.05) is 72.8 Å². The van der Waals surface area contributed by atoms with E-state index in [1.54, 1.807) is 0 Å². The fourth-order valence-electron chi connectivity index (χ4n) is 9.61. The summed E-state index contributed by atoms with van der Waals surface area (Å²) in [6, 6.07) is 55.7. The third-order valence-electron chi connectivity index (χ3n) is 12.0. The van der Waals surface area contributed by atoms with Gasteiger partial charge in [-0.25, -0.2) is 0 Å². The molecule has 258 valence electrons. The lowest BCUT2D eigenvalue weighted by Crippen LogP contribution is -2.22. The van der Waals surface area contributed by atoms with E-state index >= 15 is 0 Å². The SMILES string of the molecule is Cc1cc(C)c2c(c1)oc1ccc(N(c3ccccc3)c3ccc4c(c3)[C@]3(CCc5ccc(N(c6ccccc6)c6ccccc6)cc53)CC4)c(C)c12. The lowest BCUT2D eigenvalue weighted by Gasteiger charge is -2.32. The number of rotatable bonds is 6. The van der Waals surface area contributed by atoms with Crippen molar-refractivity contribution in [1.29, 1.82) is 0 Å². The Morgan fingerprint density at radius 1 is 0.472 bits per heavy atom. The number of anilines is 6. The number of para-hydroxylation sites is 3. The second kappa shape index (κ2) is 12.3. The van der Waals surface area contributed by atoms with Crippen LogP contribution in [0.25, 0.3) is 21.9 Å². The molecular formula is C50H42N2O. The molecule has 0 N–H and O–H groups in total. The van der Waals surface area contributed by atoms with Crippen LogP contribution in [0.3, 0.4) is 0 Å². The highest BCUT2D eigenvalue weighted by molar-refractivity contribution is 6.10. The molecule has 3 heteroatoms. The Labute approximate surface area is 311 Å². The number of benzene rings is 7. The highest BCUT2D eigenvalue weighted by Crippen LogP contribution is 2.55. The number of aryl methyl sites for hydroxylation is 5. The van der Waals surface area contributed by atoms with E-state index in [0.717, 1.165) is 42.5 Å². The van der Waals surface area contributed by atoms with Gasteiger partial charge in [-0.15, -0.1) is 0 Å². The van der Waals surface area contributed by atoms with E-state index in [1.807, 2.05) is 0 Å². The summed E-state index contributed by atoms with van der Waals surface area (Å²) in [5, 5.41) is 2.41. The second-order valence-corrected chi connectivity index (χ2v) is 15.1. The monoisotopic (exact) mass is 686 g/mol. The van der Waals surface area contributed by atoms with Gasteiger partial charge in [0.25, 0.3) is 0 Å². The van der Waals surface area contributed by atoms with E-state index < -0.39 is 0 Å². The molecular weight excluding hydrogens is 645 g/mol. The molecule has 53 heavy (non-hydrogen) atoms. The van der Waals surface area contributed by atoms with Crippen molar-refractivity contribution in [3.8, 4) is 0 Å². The number of nitrogens with zero attached hydrogens (tertiary/aromatic N) is 2. The Hall–Kier alpha value is -6.06. The summed E-state index contributed by atoms with van der Waals surface area (Å²) in [6.45, 7) is 6.60. The van der Waals surface area contributed by atoms with Gasteiger partial charge in [0.2, 0.25) is 0 Å². The highest BCUT2D eigenvalue weighted by Gasteiger charge is 2.45. The first kappa shape index (κ1) is 31.7. The smallest absolute Gasteiger partial charge is 0.135 e. The lowest BCUT2D eigenvalue weighted by molar-refractivity contribution is 0.507. The molecule has 2 aliphatic carbocycles. The second-order valence-electron chi connectivity index (χ2n) is 15.1. The summed E-state index contributed by atoms with van der Waals surface area (Å²) in [7, 11) is 0. The molecule has 2 aliphatic rings. The van der Waals surface area contributed by atoms with Crippen molar-refractivity contribution in [3.63, 3.8) is 0 Å². The number of hydrogen-bond donors (Lipinski definition) is 0. The minimum absolute atomic E-state index is 0.0210. The first-order valence-corrected chi connectivity index (χ1v) is 18.9. The van der Waals surface area contributed by atoms with E-state index in [0.29, 0.717) is 0 Å². The van der Waals surface area contributed by atoms with Crippen molar-refractivity contribution >= 4 is 56.1 Å². The molecule has 10 rings (SSSR count). The van der Waals surface area contributed by atoms with Crippen molar-refractivity contribution in [2.24, 2.45) is 0 Å². The average molecular weight is 687 g/mol. The third-order valence-corrected chi connectivity index (χ3v) is 12.0. The third kappa shape index (κ3) is 5.02. The average Bonchev–Trinajstić information content (AvgIpc) is 3.88. The molecule has 0 saturated heterocycles. The van der Waals surface area contributed by atoms with E-state index in [2.05, 4.69) is 182 Å². The molecule has 0 radical (unpaired) electrons. The molecule has 7 aromatic carbocycles. The number of furan rings is 1. The zero-order chi connectivity index (χ0) is 35.7. The predicted octanol–water partition coefficient (Wildman–Crippen LogP) is 13.6. The zero-order valence-electron chi connectivity index (χ0n) is 30.6. The molecule has 0 aliphatic heterocycles. The maximum absolute atomic E-state index is 6.46. The molecule has 3 nitrogen and oxygen atoms in total. The fraction of sp³-hybridized carbons (Fsp3) is 0.160. The van der Waals surface area contributed by atoms with Crippen LogP contribution in [0.4, 0.5) is 34.1 Å². The van der Waals surface area contributed by atoms with Crippen LogP contribution in [0.2, 0.25) is 0 Å². The van der Waals surface area contributed by atoms with Gasteiger partial charge in [0.15, 0.2) is 0 Å². The molecule has 0 unspecified atom stereocenters. The minimum Gasteiger partial charge on any atom is -0.456 e. The molecule has 0 bridgehead atoms. The quantitative estimate of drug-likeness (QED) is 0.174. The molecule has 0 amide bonds. The van der Waals surface area contributed by atoms with Gasteiger partial charge < -0.3 is 14.2 Å². The Balaban J connectivity index is 1.13. The largest absolute Gasteiger partial charge is 0.456 e. The van der Waals surface area contributed by atoms with Crippen molar-refractivity contribution in [3.05, 3.63) is 191 Å². The Morgan fingerprint density at radius 3 is 1.57 bits per heavy atom. The summed E-state index contributed by atoms with van der Waals surface area (Å²) in [5.41, 5.74) is 18.6. The summed E-state index contributed by atoms with van der Waals surface area (Å²) >= 11 is 0. The van der Waals surface area contributed by atoms with Crippen LogP contribution in [-0.2, 0) is 18.3 Å². The summed E-state index contributed by atoms with van der Waals surface area (Å²) in [5.74, 6) is 0. The maximum atomic E-state index is 6.46. The Kier molecular flexibility index (Phi) is 7.33. The summed E-state index contributed by atoms with van der Waals surface area (Å²) in [6.07, 6.45) is 4.46. The van der Waals surface area contributed by atoms with Crippen molar-refractivity contribution in [1.82, 2.24) is 0 Å². The molecule has 1 aromatic heterocycles. The van der Waals surface area contributed by atoms with Gasteiger partial charge in [-0.3, -0.25) is 0 Å². The van der Waals surface area contributed by atoms with E-state index in [4.69, 9.17) is 4.42 Å². The predicted molar refractivity (Wildman–Crippen MR) is 221 cm³/mol. The van der Waals surface area contributed by atoms with Crippen LogP contribution in [-0.4, -0.2) is 0 Å². The summed E-state index contributed by atoms with van der Waals surface area (Å²) < 4.78 is 6.46. The maximum Gasteiger partial charge on any atom is 0.135 e. The van der Waals surface area contributed by atoms with Gasteiger partial charge in [0.05, 0.1) is 0 Å². The van der Waals surface area contributed by atoms with E-state index in [9.17, 15) is 0 Å². The number of hydrogen-bond acceptors (Lipinski definition) is 3. The van der Waals surface area contributed by atoms with Crippen LogP contribution >= 0.6 is 0 Å². The van der Waals surface area contributed by atoms with Crippen LogP contribution < -0.4 is 9.80 Å².